The molecule has 0 atom stereocenters. The van der Waals surface area contributed by atoms with Crippen molar-refractivity contribution in [2.24, 2.45) is 5.10 Å². The highest BCUT2D eigenvalue weighted by atomic mass is 79.9. The number of carboxylic acids is 1. The number of carboxylic acid groups (broad SMARTS) is 1. The molecule has 2 N–H and O–H groups in total. The Balaban J connectivity index is 1.74. The molecular formula is C19H22BrN3O2S. The number of rotatable bonds is 7. The van der Waals surface area contributed by atoms with Gasteiger partial charge in [-0.2, -0.15) is 5.10 Å². The lowest BCUT2D eigenvalue weighted by molar-refractivity contribution is -0.133. The fraction of sp³-hybridized carbons (Fsp3) is 0.368. The molecule has 7 heteroatoms. The van der Waals surface area contributed by atoms with Gasteiger partial charge in [0, 0.05) is 18.1 Å². The van der Waals surface area contributed by atoms with Crippen LogP contribution in [0.25, 0.3) is 10.8 Å². The predicted molar refractivity (Wildman–Crippen MR) is 113 cm³/mol. The summed E-state index contributed by atoms with van der Waals surface area (Å²) in [6.07, 6.45) is 3.88. The SMILES string of the molecule is CN(CSCC(=O)O)/N=C(/Br)Nc1ccc(C2CCC2)c2ccccc12. The van der Waals surface area contributed by atoms with Crippen molar-refractivity contribution in [2.45, 2.75) is 25.2 Å². The Morgan fingerprint density at radius 3 is 2.69 bits per heavy atom. The van der Waals surface area contributed by atoms with E-state index in [9.17, 15) is 4.79 Å². The summed E-state index contributed by atoms with van der Waals surface area (Å²) >= 11 is 4.77. The Kier molecular flexibility index (Phi) is 6.43. The first kappa shape index (κ1) is 19.0. The van der Waals surface area contributed by atoms with Crippen LogP contribution in [0.2, 0.25) is 0 Å². The van der Waals surface area contributed by atoms with Crippen molar-refractivity contribution < 1.29 is 9.90 Å². The maximum Gasteiger partial charge on any atom is 0.313 e. The van der Waals surface area contributed by atoms with E-state index < -0.39 is 5.97 Å². The highest BCUT2D eigenvalue weighted by molar-refractivity contribution is 9.18. The van der Waals surface area contributed by atoms with Crippen LogP contribution < -0.4 is 5.32 Å². The van der Waals surface area contributed by atoms with Crippen LogP contribution in [0.5, 0.6) is 0 Å². The molecule has 2 aromatic rings. The van der Waals surface area contributed by atoms with Crippen molar-refractivity contribution in [3.63, 3.8) is 0 Å². The second-order valence-electron chi connectivity index (χ2n) is 6.42. The van der Waals surface area contributed by atoms with Gasteiger partial charge in [-0.3, -0.25) is 9.80 Å². The summed E-state index contributed by atoms with van der Waals surface area (Å²) in [4.78, 5) is 10.6. The van der Waals surface area contributed by atoms with Gasteiger partial charge in [-0.25, -0.2) is 0 Å². The normalized spacial score (nSPS) is 14.9. The van der Waals surface area contributed by atoms with Gasteiger partial charge in [0.25, 0.3) is 0 Å². The molecule has 1 saturated carbocycles. The van der Waals surface area contributed by atoms with E-state index >= 15 is 0 Å². The third-order valence-corrected chi connectivity index (χ3v) is 5.87. The van der Waals surface area contributed by atoms with E-state index in [4.69, 9.17) is 5.11 Å². The maximum absolute atomic E-state index is 10.6. The highest BCUT2D eigenvalue weighted by Gasteiger charge is 2.21. The number of fused-ring (bicyclic) bond motifs is 1. The first-order valence-electron chi connectivity index (χ1n) is 8.58. The van der Waals surface area contributed by atoms with Crippen molar-refractivity contribution in [1.29, 1.82) is 0 Å². The molecule has 0 bridgehead atoms. The largest absolute Gasteiger partial charge is 0.481 e. The monoisotopic (exact) mass is 435 g/mol. The molecule has 26 heavy (non-hydrogen) atoms. The number of benzene rings is 2. The second kappa shape index (κ2) is 8.77. The van der Waals surface area contributed by atoms with Crippen LogP contribution in [0.3, 0.4) is 0 Å². The van der Waals surface area contributed by atoms with E-state index in [2.05, 4.69) is 62.7 Å². The summed E-state index contributed by atoms with van der Waals surface area (Å²) in [5.41, 5.74) is 2.44. The fourth-order valence-electron chi connectivity index (χ4n) is 3.09. The highest BCUT2D eigenvalue weighted by Crippen LogP contribution is 2.41. The van der Waals surface area contributed by atoms with Crippen LogP contribution in [0.15, 0.2) is 41.5 Å². The van der Waals surface area contributed by atoms with Crippen LogP contribution in [0.1, 0.15) is 30.7 Å². The zero-order chi connectivity index (χ0) is 18.5. The number of aliphatic carboxylic acids is 1. The van der Waals surface area contributed by atoms with E-state index in [0.717, 1.165) is 5.69 Å². The summed E-state index contributed by atoms with van der Waals surface area (Å²) in [6.45, 7) is 0. The molecular weight excluding hydrogens is 414 g/mol. The Hall–Kier alpha value is -1.73. The number of carbonyl (C=O) groups is 1. The molecule has 0 aromatic heterocycles. The van der Waals surface area contributed by atoms with Gasteiger partial charge in [0.15, 0.2) is 4.74 Å². The van der Waals surface area contributed by atoms with Gasteiger partial charge in [0.1, 0.15) is 0 Å². The zero-order valence-electron chi connectivity index (χ0n) is 14.6. The minimum absolute atomic E-state index is 0.0676. The number of halogens is 1. The molecule has 0 unspecified atom stereocenters. The molecule has 3 rings (SSSR count). The quantitative estimate of drug-likeness (QED) is 0.213. The molecule has 138 valence electrons. The van der Waals surface area contributed by atoms with Crippen LogP contribution >= 0.6 is 27.7 Å². The number of anilines is 1. The van der Waals surface area contributed by atoms with Crippen molar-refractivity contribution in [3.8, 4) is 0 Å². The van der Waals surface area contributed by atoms with Crippen molar-refractivity contribution in [1.82, 2.24) is 5.01 Å². The maximum atomic E-state index is 10.6. The molecule has 0 saturated heterocycles. The number of amidine groups is 1. The first-order chi connectivity index (χ1) is 12.5. The average Bonchev–Trinajstić information content (AvgIpc) is 2.55. The van der Waals surface area contributed by atoms with Crippen LogP contribution in [0, 0.1) is 0 Å². The summed E-state index contributed by atoms with van der Waals surface area (Å²) in [5.74, 6) is 0.439. The molecule has 0 amide bonds. The van der Waals surface area contributed by atoms with E-state index in [1.807, 2.05) is 7.05 Å². The average molecular weight is 436 g/mol. The second-order valence-corrected chi connectivity index (χ2v) is 8.13. The smallest absolute Gasteiger partial charge is 0.313 e. The number of hydrogen-bond donors (Lipinski definition) is 2. The standard InChI is InChI=1S/C19H22BrN3O2S/c1-23(12-26-11-18(24)25)22-19(20)21-17-10-9-14(13-5-4-6-13)15-7-2-3-8-16(15)17/h2-3,7-10,13H,4-6,11-12H2,1H3,(H,21,22)(H,24,25). The lowest BCUT2D eigenvalue weighted by Gasteiger charge is -2.27. The zero-order valence-corrected chi connectivity index (χ0v) is 17.0. The van der Waals surface area contributed by atoms with E-state index in [-0.39, 0.29) is 5.75 Å². The van der Waals surface area contributed by atoms with Gasteiger partial charge in [-0.15, -0.1) is 11.8 Å². The molecule has 5 nitrogen and oxygen atoms in total. The third-order valence-electron chi connectivity index (χ3n) is 4.50. The number of thioether (sulfide) groups is 1. The number of nitrogens with one attached hydrogen (secondary N) is 1. The van der Waals surface area contributed by atoms with Gasteiger partial charge >= 0.3 is 5.97 Å². The predicted octanol–water partition coefficient (Wildman–Crippen LogP) is 4.89. The number of hydrazone groups is 1. The third kappa shape index (κ3) is 4.71. The molecule has 0 heterocycles. The van der Waals surface area contributed by atoms with Gasteiger partial charge in [0.05, 0.1) is 11.6 Å². The van der Waals surface area contributed by atoms with Crippen molar-refractivity contribution in [3.05, 3.63) is 42.0 Å². The molecule has 1 aliphatic rings. The van der Waals surface area contributed by atoms with Crippen LogP contribution in [0.4, 0.5) is 5.69 Å². The van der Waals surface area contributed by atoms with Gasteiger partial charge in [0.2, 0.25) is 0 Å². The lowest BCUT2D eigenvalue weighted by atomic mass is 9.78. The molecule has 0 radical (unpaired) electrons. The van der Waals surface area contributed by atoms with Gasteiger partial charge in [-0.1, -0.05) is 36.8 Å². The van der Waals surface area contributed by atoms with Crippen LogP contribution in [-0.2, 0) is 4.79 Å². The number of hydrogen-bond acceptors (Lipinski definition) is 4. The summed E-state index contributed by atoms with van der Waals surface area (Å²) in [5, 5.41) is 20.6. The van der Waals surface area contributed by atoms with Crippen molar-refractivity contribution in [2.75, 3.05) is 24.0 Å². The van der Waals surface area contributed by atoms with E-state index in [0.29, 0.717) is 16.5 Å². The summed E-state index contributed by atoms with van der Waals surface area (Å²) in [7, 11) is 1.82. The minimum atomic E-state index is -0.817. The molecule has 1 aliphatic carbocycles. The molecule has 0 aliphatic heterocycles. The lowest BCUT2D eigenvalue weighted by Crippen LogP contribution is -2.17. The summed E-state index contributed by atoms with van der Waals surface area (Å²) < 4.78 is 0.595. The molecule has 1 fully saturated rings. The molecule has 0 spiro atoms. The Labute approximate surface area is 166 Å². The fourth-order valence-corrected chi connectivity index (χ4v) is 4.16. The van der Waals surface area contributed by atoms with Gasteiger partial charge in [-0.05, 0) is 51.7 Å². The Bertz CT molecular complexity index is 824. The van der Waals surface area contributed by atoms with Gasteiger partial charge < -0.3 is 10.4 Å². The Morgan fingerprint density at radius 2 is 2.04 bits per heavy atom. The molecule has 2 aromatic carbocycles. The van der Waals surface area contributed by atoms with Crippen molar-refractivity contribution >= 4 is 54.9 Å². The van der Waals surface area contributed by atoms with E-state index in [1.54, 1.807) is 5.01 Å². The van der Waals surface area contributed by atoms with E-state index in [1.165, 1.54) is 47.4 Å². The summed E-state index contributed by atoms with van der Waals surface area (Å²) in [6, 6.07) is 12.8. The topological polar surface area (TPSA) is 64.9 Å². The van der Waals surface area contributed by atoms with Crippen LogP contribution in [-0.4, -0.2) is 39.5 Å². The minimum Gasteiger partial charge on any atom is -0.481 e. The Morgan fingerprint density at radius 1 is 1.31 bits per heavy atom. The first-order valence-corrected chi connectivity index (χ1v) is 10.5. The number of nitrogens with zero attached hydrogens (tertiary/aromatic N) is 2.